The number of aromatic amines is 1. The van der Waals surface area contributed by atoms with Crippen LogP contribution in [0.3, 0.4) is 0 Å². The number of rotatable bonds is 16. The minimum atomic E-state index is -1.49. The Labute approximate surface area is 251 Å². The molecule has 0 aliphatic carbocycles. The predicted molar refractivity (Wildman–Crippen MR) is 156 cm³/mol. The number of primary amides is 1. The Bertz CT molecular complexity index is 1520. The lowest BCUT2D eigenvalue weighted by atomic mass is 10.0. The van der Waals surface area contributed by atoms with Crippen molar-refractivity contribution in [2.75, 3.05) is 0 Å². The van der Waals surface area contributed by atoms with Crippen molar-refractivity contribution in [1.82, 2.24) is 20.9 Å². The van der Waals surface area contributed by atoms with E-state index in [1.54, 1.807) is 30.5 Å². The fourth-order valence-corrected chi connectivity index (χ4v) is 4.45. The van der Waals surface area contributed by atoms with Gasteiger partial charge in [0.25, 0.3) is 0 Å². The molecule has 44 heavy (non-hydrogen) atoms. The summed E-state index contributed by atoms with van der Waals surface area (Å²) in [6, 6.07) is 7.26. The number of H-pyrrole nitrogens is 1. The van der Waals surface area contributed by atoms with Crippen molar-refractivity contribution >= 4 is 46.5 Å². The number of nitrogens with two attached hydrogens (primary N) is 2. The molecule has 0 aliphatic heterocycles. The zero-order chi connectivity index (χ0) is 32.4. The predicted octanol–water partition coefficient (Wildman–Crippen LogP) is -0.735. The van der Waals surface area contributed by atoms with Crippen molar-refractivity contribution < 1.29 is 44.1 Å². The van der Waals surface area contributed by atoms with Gasteiger partial charge in [0.05, 0.1) is 12.5 Å². The maximum absolute atomic E-state index is 13.6. The number of phenols is 1. The summed E-state index contributed by atoms with van der Waals surface area (Å²) < 4.78 is 0. The number of carboxylic acid groups (broad SMARTS) is 2. The molecule has 3 rings (SSSR count). The molecule has 0 spiro atoms. The summed E-state index contributed by atoms with van der Waals surface area (Å²) >= 11 is 0. The second-order valence-electron chi connectivity index (χ2n) is 10.2. The number of nitrogens with one attached hydrogen (secondary N) is 4. The lowest BCUT2D eigenvalue weighted by molar-refractivity contribution is -0.142. The van der Waals surface area contributed by atoms with Gasteiger partial charge >= 0.3 is 11.9 Å². The zero-order valence-electron chi connectivity index (χ0n) is 23.5. The highest BCUT2D eigenvalue weighted by Crippen LogP contribution is 2.20. The maximum atomic E-state index is 13.6. The SMILES string of the molecule is NC(=O)CCC(NC(=O)C(Cc1c[nH]c2ccccc12)NC(=O)C(Cc1ccc(O)cc1)NC(=O)C(N)CC(=O)O)C(=O)O. The van der Waals surface area contributed by atoms with Crippen molar-refractivity contribution in [3.8, 4) is 5.75 Å². The van der Waals surface area contributed by atoms with E-state index in [9.17, 15) is 39.0 Å². The van der Waals surface area contributed by atoms with Crippen molar-refractivity contribution in [3.63, 3.8) is 0 Å². The lowest BCUT2D eigenvalue weighted by Crippen LogP contribution is -2.58. The van der Waals surface area contributed by atoms with E-state index in [2.05, 4.69) is 20.9 Å². The third-order valence-electron chi connectivity index (χ3n) is 6.77. The van der Waals surface area contributed by atoms with Crippen LogP contribution in [-0.2, 0) is 41.6 Å². The molecule has 1 heterocycles. The van der Waals surface area contributed by atoms with Gasteiger partial charge in [0.15, 0.2) is 0 Å². The van der Waals surface area contributed by atoms with E-state index in [1.807, 2.05) is 0 Å². The Kier molecular flexibility index (Phi) is 11.4. The van der Waals surface area contributed by atoms with Gasteiger partial charge < -0.3 is 47.7 Å². The quantitative estimate of drug-likeness (QED) is 0.0980. The molecule has 15 heteroatoms. The number of amides is 4. The molecular weight excluding hydrogens is 576 g/mol. The number of hydrogen-bond donors (Lipinski definition) is 9. The molecular formula is C29H34N6O9. The second-order valence-corrected chi connectivity index (χ2v) is 10.2. The number of fused-ring (bicyclic) bond motifs is 1. The third kappa shape index (κ3) is 9.55. The Balaban J connectivity index is 1.91. The number of carbonyl (C=O) groups is 6. The molecule has 15 nitrogen and oxygen atoms in total. The first kappa shape index (κ1) is 33.1. The topological polar surface area (TPSA) is 267 Å². The van der Waals surface area contributed by atoms with Gasteiger partial charge in [-0.05, 0) is 35.7 Å². The maximum Gasteiger partial charge on any atom is 0.326 e. The molecule has 0 fully saturated rings. The Hall–Kier alpha value is -5.44. The van der Waals surface area contributed by atoms with Crippen molar-refractivity contribution in [3.05, 3.63) is 65.9 Å². The number of aromatic nitrogens is 1. The first-order chi connectivity index (χ1) is 20.8. The molecule has 0 radical (unpaired) electrons. The van der Waals surface area contributed by atoms with Crippen molar-refractivity contribution in [2.45, 2.75) is 56.3 Å². The molecule has 4 amide bonds. The highest BCUT2D eigenvalue weighted by molar-refractivity contribution is 5.95. The van der Waals surface area contributed by atoms with Crippen LogP contribution >= 0.6 is 0 Å². The number of carboxylic acids is 2. The van der Waals surface area contributed by atoms with E-state index in [4.69, 9.17) is 16.6 Å². The minimum Gasteiger partial charge on any atom is -0.508 e. The summed E-state index contributed by atoms with van der Waals surface area (Å²) in [6.07, 6.45) is 0.114. The number of aromatic hydroxyl groups is 1. The van der Waals surface area contributed by atoms with Gasteiger partial charge in [-0.1, -0.05) is 30.3 Å². The number of aliphatic carboxylic acids is 2. The number of hydrogen-bond acceptors (Lipinski definition) is 8. The molecule has 0 bridgehead atoms. The lowest BCUT2D eigenvalue weighted by Gasteiger charge is -2.25. The van der Waals surface area contributed by atoms with E-state index in [1.165, 1.54) is 24.3 Å². The smallest absolute Gasteiger partial charge is 0.326 e. The summed E-state index contributed by atoms with van der Waals surface area (Å²) in [5.41, 5.74) is 12.7. The van der Waals surface area contributed by atoms with E-state index in [0.717, 1.165) is 10.9 Å². The Morgan fingerprint density at radius 3 is 2.00 bits per heavy atom. The van der Waals surface area contributed by atoms with E-state index in [0.29, 0.717) is 11.1 Å². The standard InChI is InChI=1S/C29H34N6O9/c30-19(13-25(38)39)26(40)34-22(11-15-5-7-17(36)8-6-15)27(41)35-23(12-16-14-32-20-4-2-1-3-18(16)20)28(42)33-21(29(43)44)9-10-24(31)37/h1-8,14,19,21-23,32,36H,9-13,30H2,(H2,31,37)(H,33,42)(H,34,40)(H,35,41)(H,38,39)(H,43,44). The first-order valence-corrected chi connectivity index (χ1v) is 13.6. The fraction of sp³-hybridized carbons (Fsp3) is 0.310. The van der Waals surface area contributed by atoms with Gasteiger partial charge in [-0.3, -0.25) is 24.0 Å². The van der Waals surface area contributed by atoms with Crippen LogP contribution < -0.4 is 27.4 Å². The van der Waals surface area contributed by atoms with E-state index in [-0.39, 0.29) is 31.4 Å². The fourth-order valence-electron chi connectivity index (χ4n) is 4.45. The molecule has 2 aromatic carbocycles. The third-order valence-corrected chi connectivity index (χ3v) is 6.77. The first-order valence-electron chi connectivity index (χ1n) is 13.6. The molecule has 4 unspecified atom stereocenters. The van der Waals surface area contributed by atoms with Gasteiger partial charge in [-0.2, -0.15) is 0 Å². The molecule has 11 N–H and O–H groups in total. The number of para-hydroxylation sites is 1. The summed E-state index contributed by atoms with van der Waals surface area (Å²) in [7, 11) is 0. The average Bonchev–Trinajstić information content (AvgIpc) is 3.37. The van der Waals surface area contributed by atoms with Crippen LogP contribution in [0.5, 0.6) is 5.75 Å². The average molecular weight is 611 g/mol. The van der Waals surface area contributed by atoms with Crippen LogP contribution in [0.25, 0.3) is 10.9 Å². The van der Waals surface area contributed by atoms with E-state index < -0.39 is 66.2 Å². The van der Waals surface area contributed by atoms with Gasteiger partial charge in [-0.25, -0.2) is 4.79 Å². The van der Waals surface area contributed by atoms with Crippen molar-refractivity contribution in [1.29, 1.82) is 0 Å². The van der Waals surface area contributed by atoms with Gasteiger partial charge in [0.1, 0.15) is 23.9 Å². The highest BCUT2D eigenvalue weighted by atomic mass is 16.4. The second kappa shape index (κ2) is 15.2. The number of phenolic OH excluding ortho intramolecular Hbond substituents is 1. The summed E-state index contributed by atoms with van der Waals surface area (Å²) in [4.78, 5) is 77.0. The number of carbonyl (C=O) groups excluding carboxylic acids is 4. The van der Waals surface area contributed by atoms with Gasteiger partial charge in [-0.15, -0.1) is 0 Å². The molecule has 1 aromatic heterocycles. The monoisotopic (exact) mass is 610 g/mol. The van der Waals surface area contributed by atoms with Crippen molar-refractivity contribution in [2.24, 2.45) is 11.5 Å². The zero-order valence-corrected chi connectivity index (χ0v) is 23.5. The molecule has 4 atom stereocenters. The van der Waals surface area contributed by atoms with E-state index >= 15 is 0 Å². The van der Waals surface area contributed by atoms with Crippen LogP contribution in [0.15, 0.2) is 54.7 Å². The molecule has 0 saturated carbocycles. The summed E-state index contributed by atoms with van der Waals surface area (Å²) in [6.45, 7) is 0. The van der Waals surface area contributed by atoms with Crippen LogP contribution in [0.1, 0.15) is 30.4 Å². The highest BCUT2D eigenvalue weighted by Gasteiger charge is 2.31. The van der Waals surface area contributed by atoms with Crippen LogP contribution in [-0.4, -0.2) is 80.0 Å². The largest absolute Gasteiger partial charge is 0.508 e. The summed E-state index contributed by atoms with van der Waals surface area (Å²) in [5, 5.41) is 36.3. The Morgan fingerprint density at radius 1 is 0.795 bits per heavy atom. The number of benzene rings is 2. The molecule has 0 saturated heterocycles. The van der Waals surface area contributed by atoms with Gasteiger partial charge in [0, 0.05) is 36.4 Å². The normalized spacial score (nSPS) is 13.7. The molecule has 234 valence electrons. The Morgan fingerprint density at radius 2 is 1.39 bits per heavy atom. The van der Waals surface area contributed by atoms with Crippen LogP contribution in [0.2, 0.25) is 0 Å². The van der Waals surface area contributed by atoms with Gasteiger partial charge in [0.2, 0.25) is 23.6 Å². The van der Waals surface area contributed by atoms with Crippen LogP contribution in [0.4, 0.5) is 0 Å². The summed E-state index contributed by atoms with van der Waals surface area (Å²) in [5.74, 6) is -6.20. The molecule has 0 aliphatic rings. The van der Waals surface area contributed by atoms with Crippen LogP contribution in [0, 0.1) is 0 Å². The minimum absolute atomic E-state index is 0.0398. The molecule has 3 aromatic rings.